The first kappa shape index (κ1) is 17.8. The van der Waals surface area contributed by atoms with Crippen LogP contribution in [0.25, 0.3) is 6.08 Å². The minimum absolute atomic E-state index is 0.111. The van der Waals surface area contributed by atoms with Crippen LogP contribution in [0, 0.1) is 0 Å². The lowest BCUT2D eigenvalue weighted by molar-refractivity contribution is 0.0636. The zero-order valence-electron chi connectivity index (χ0n) is 13.6. The number of amides is 1. The van der Waals surface area contributed by atoms with Gasteiger partial charge in [-0.05, 0) is 26.8 Å². The predicted octanol–water partition coefficient (Wildman–Crippen LogP) is 3.06. The molecule has 6 nitrogen and oxygen atoms in total. The van der Waals surface area contributed by atoms with Gasteiger partial charge in [-0.2, -0.15) is 0 Å². The summed E-state index contributed by atoms with van der Waals surface area (Å²) in [6, 6.07) is 3.34. The summed E-state index contributed by atoms with van der Waals surface area (Å²) in [4.78, 5) is 11.9. The second-order valence-corrected chi connectivity index (χ2v) is 5.51. The second-order valence-electron chi connectivity index (χ2n) is 5.51. The van der Waals surface area contributed by atoms with Gasteiger partial charge in [0.15, 0.2) is 11.5 Å². The van der Waals surface area contributed by atoms with Crippen LogP contribution in [0.1, 0.15) is 26.3 Å². The summed E-state index contributed by atoms with van der Waals surface area (Å²) >= 11 is 0. The summed E-state index contributed by atoms with van der Waals surface area (Å²) in [5.74, 6) is 1.00. The molecule has 0 atom stereocenters. The van der Waals surface area contributed by atoms with E-state index in [4.69, 9.17) is 19.3 Å². The van der Waals surface area contributed by atoms with E-state index < -0.39 is 11.7 Å². The fourth-order valence-electron chi connectivity index (χ4n) is 1.73. The van der Waals surface area contributed by atoms with E-state index in [9.17, 15) is 4.79 Å². The van der Waals surface area contributed by atoms with Crippen LogP contribution in [-0.4, -0.2) is 37.6 Å². The van der Waals surface area contributed by atoms with Crippen molar-refractivity contribution in [2.24, 2.45) is 0 Å². The monoisotopic (exact) mass is 309 g/mol. The summed E-state index contributed by atoms with van der Waals surface area (Å²) in [5.41, 5.74) is 0.566. The molecule has 0 unspecified atom stereocenters. The molecule has 2 N–H and O–H groups in total. The van der Waals surface area contributed by atoms with Crippen LogP contribution in [0.5, 0.6) is 11.5 Å². The fourth-order valence-corrected chi connectivity index (χ4v) is 1.73. The van der Waals surface area contributed by atoms with Crippen molar-refractivity contribution in [1.82, 2.24) is 0 Å². The lowest BCUT2D eigenvalue weighted by Gasteiger charge is -2.20. The molecule has 0 fully saturated rings. The average molecular weight is 309 g/mol. The van der Waals surface area contributed by atoms with E-state index in [2.05, 4.69) is 5.32 Å². The Bertz CT molecular complexity index is 546. The van der Waals surface area contributed by atoms with Gasteiger partial charge in [-0.15, -0.1) is 0 Å². The Morgan fingerprint density at radius 3 is 2.32 bits per heavy atom. The van der Waals surface area contributed by atoms with Crippen LogP contribution >= 0.6 is 0 Å². The third-order valence-corrected chi connectivity index (χ3v) is 2.59. The van der Waals surface area contributed by atoms with Gasteiger partial charge in [0.2, 0.25) is 0 Å². The van der Waals surface area contributed by atoms with E-state index in [-0.39, 0.29) is 6.61 Å². The zero-order chi connectivity index (χ0) is 16.8. The Labute approximate surface area is 130 Å². The van der Waals surface area contributed by atoms with Crippen molar-refractivity contribution in [3.63, 3.8) is 0 Å². The molecule has 122 valence electrons. The standard InChI is InChI=1S/C16H23NO5/c1-16(2,3)22-15(19)17-12-10-14(21-5)13(20-4)9-11(12)7-6-8-18/h6-7,9-10,18H,8H2,1-5H3,(H,17,19)/b7-6+. The summed E-state index contributed by atoms with van der Waals surface area (Å²) < 4.78 is 15.7. The molecule has 0 aliphatic heterocycles. The summed E-state index contributed by atoms with van der Waals surface area (Å²) in [5, 5.41) is 11.6. The Kier molecular flexibility index (Phi) is 6.24. The molecule has 22 heavy (non-hydrogen) atoms. The van der Waals surface area contributed by atoms with E-state index >= 15 is 0 Å². The van der Waals surface area contributed by atoms with Crippen molar-refractivity contribution in [3.05, 3.63) is 23.8 Å². The second kappa shape index (κ2) is 7.70. The topological polar surface area (TPSA) is 77.0 Å². The first-order chi connectivity index (χ1) is 10.3. The van der Waals surface area contributed by atoms with Crippen molar-refractivity contribution in [3.8, 4) is 11.5 Å². The highest BCUT2D eigenvalue weighted by Crippen LogP contribution is 2.34. The van der Waals surface area contributed by atoms with Crippen LogP contribution < -0.4 is 14.8 Å². The molecule has 0 radical (unpaired) electrons. The molecule has 0 aliphatic carbocycles. The van der Waals surface area contributed by atoms with E-state index in [1.807, 2.05) is 0 Å². The molecule has 0 saturated carbocycles. The number of anilines is 1. The smallest absolute Gasteiger partial charge is 0.412 e. The number of methoxy groups -OCH3 is 2. The van der Waals surface area contributed by atoms with Crippen molar-refractivity contribution in [2.45, 2.75) is 26.4 Å². The number of aliphatic hydroxyl groups is 1. The summed E-state index contributed by atoms with van der Waals surface area (Å²) in [7, 11) is 3.04. The number of carbonyl (C=O) groups is 1. The van der Waals surface area contributed by atoms with Gasteiger partial charge in [0.1, 0.15) is 5.60 Å². The van der Waals surface area contributed by atoms with E-state index in [0.29, 0.717) is 22.7 Å². The van der Waals surface area contributed by atoms with Crippen molar-refractivity contribution in [1.29, 1.82) is 0 Å². The molecular formula is C16H23NO5. The maximum absolute atomic E-state index is 11.9. The number of benzene rings is 1. The molecule has 0 bridgehead atoms. The lowest BCUT2D eigenvalue weighted by atomic mass is 10.1. The van der Waals surface area contributed by atoms with E-state index in [0.717, 1.165) is 0 Å². The molecule has 0 aliphatic rings. The quantitative estimate of drug-likeness (QED) is 0.874. The van der Waals surface area contributed by atoms with E-state index in [1.165, 1.54) is 14.2 Å². The van der Waals surface area contributed by atoms with Gasteiger partial charge in [0.05, 0.1) is 26.5 Å². The SMILES string of the molecule is COc1cc(/C=C/CO)c(NC(=O)OC(C)(C)C)cc1OC. The highest BCUT2D eigenvalue weighted by atomic mass is 16.6. The molecule has 1 aromatic rings. The largest absolute Gasteiger partial charge is 0.493 e. The number of ether oxygens (including phenoxy) is 3. The maximum atomic E-state index is 11.9. The number of carbonyl (C=O) groups excluding carboxylic acids is 1. The Morgan fingerprint density at radius 1 is 1.23 bits per heavy atom. The number of hydrogen-bond donors (Lipinski definition) is 2. The normalized spacial score (nSPS) is 11.4. The molecule has 0 spiro atoms. The van der Waals surface area contributed by atoms with Gasteiger partial charge < -0.3 is 19.3 Å². The van der Waals surface area contributed by atoms with Crippen molar-refractivity contribution in [2.75, 3.05) is 26.1 Å². The van der Waals surface area contributed by atoms with Crippen LogP contribution in [-0.2, 0) is 4.74 Å². The fraction of sp³-hybridized carbons (Fsp3) is 0.438. The number of nitrogens with one attached hydrogen (secondary N) is 1. The summed E-state index contributed by atoms with van der Waals surface area (Å²) in [6.45, 7) is 5.25. The first-order valence-electron chi connectivity index (χ1n) is 6.84. The molecular weight excluding hydrogens is 286 g/mol. The molecule has 0 aromatic heterocycles. The minimum atomic E-state index is -0.595. The molecule has 1 amide bonds. The zero-order valence-corrected chi connectivity index (χ0v) is 13.6. The Hall–Kier alpha value is -2.21. The van der Waals surface area contributed by atoms with E-state index in [1.54, 1.807) is 45.1 Å². The molecule has 1 aromatic carbocycles. The average Bonchev–Trinajstić information content (AvgIpc) is 2.43. The van der Waals surface area contributed by atoms with Crippen LogP contribution in [0.3, 0.4) is 0 Å². The molecule has 0 heterocycles. The van der Waals surface area contributed by atoms with Gasteiger partial charge >= 0.3 is 6.09 Å². The number of rotatable bonds is 5. The van der Waals surface area contributed by atoms with Gasteiger partial charge in [0, 0.05) is 11.6 Å². The highest BCUT2D eigenvalue weighted by molar-refractivity contribution is 5.89. The first-order valence-corrected chi connectivity index (χ1v) is 6.84. The molecule has 6 heteroatoms. The van der Waals surface area contributed by atoms with Crippen LogP contribution in [0.4, 0.5) is 10.5 Å². The van der Waals surface area contributed by atoms with Gasteiger partial charge in [-0.1, -0.05) is 12.2 Å². The number of hydrogen-bond acceptors (Lipinski definition) is 5. The molecule has 1 rings (SSSR count). The van der Waals surface area contributed by atoms with Crippen LogP contribution in [0.2, 0.25) is 0 Å². The van der Waals surface area contributed by atoms with Gasteiger partial charge in [0.25, 0.3) is 0 Å². The Morgan fingerprint density at radius 2 is 1.82 bits per heavy atom. The van der Waals surface area contributed by atoms with Crippen LogP contribution in [0.15, 0.2) is 18.2 Å². The Balaban J connectivity index is 3.14. The van der Waals surface area contributed by atoms with Crippen molar-refractivity contribution >= 4 is 17.9 Å². The third kappa shape index (κ3) is 5.29. The predicted molar refractivity (Wildman–Crippen MR) is 85.5 cm³/mol. The van der Waals surface area contributed by atoms with Crippen molar-refractivity contribution < 1.29 is 24.1 Å². The maximum Gasteiger partial charge on any atom is 0.412 e. The third-order valence-electron chi connectivity index (χ3n) is 2.59. The van der Waals surface area contributed by atoms with Gasteiger partial charge in [-0.25, -0.2) is 4.79 Å². The number of aliphatic hydroxyl groups excluding tert-OH is 1. The highest BCUT2D eigenvalue weighted by Gasteiger charge is 2.18. The molecule has 0 saturated heterocycles. The summed E-state index contributed by atoms with van der Waals surface area (Å²) in [6.07, 6.45) is 2.66. The lowest BCUT2D eigenvalue weighted by Crippen LogP contribution is -2.27. The minimum Gasteiger partial charge on any atom is -0.493 e. The van der Waals surface area contributed by atoms with Gasteiger partial charge in [-0.3, -0.25) is 5.32 Å².